The van der Waals surface area contributed by atoms with Crippen molar-refractivity contribution in [3.05, 3.63) is 94.4 Å². The van der Waals surface area contributed by atoms with Gasteiger partial charge in [0, 0.05) is 23.5 Å². The molecule has 1 N–H and O–H groups in total. The number of benzene rings is 2. The third-order valence-electron chi connectivity index (χ3n) is 4.57. The Bertz CT molecular complexity index is 1180. The van der Waals surface area contributed by atoms with Crippen LogP contribution in [0, 0.1) is 13.8 Å². The van der Waals surface area contributed by atoms with Gasteiger partial charge in [-0.05, 0) is 60.9 Å². The van der Waals surface area contributed by atoms with Crippen LogP contribution in [0.15, 0.2) is 67.0 Å². The second-order valence-electron chi connectivity index (χ2n) is 7.32. The summed E-state index contributed by atoms with van der Waals surface area (Å²) in [5.74, 6) is 0.895. The number of rotatable bonds is 7. The number of halogens is 1. The lowest BCUT2D eigenvalue weighted by Gasteiger charge is -2.08. The van der Waals surface area contributed by atoms with Crippen LogP contribution in [0.1, 0.15) is 27.2 Å². The number of carbonyl (C=O) groups excluding carboxylic acids is 1. The van der Waals surface area contributed by atoms with E-state index in [1.165, 1.54) is 0 Å². The second kappa shape index (κ2) is 9.06. The molecule has 0 aliphatic rings. The van der Waals surface area contributed by atoms with Gasteiger partial charge >= 0.3 is 0 Å². The molecule has 8 heteroatoms. The molecule has 0 bridgehead atoms. The van der Waals surface area contributed by atoms with Crippen molar-refractivity contribution >= 4 is 23.3 Å². The van der Waals surface area contributed by atoms with E-state index in [4.69, 9.17) is 16.3 Å². The maximum atomic E-state index is 12.5. The lowest BCUT2D eigenvalue weighted by atomic mass is 10.1. The van der Waals surface area contributed by atoms with Gasteiger partial charge in [0.05, 0.1) is 6.54 Å². The third kappa shape index (κ3) is 5.52. The average molecular weight is 436 g/mol. The fourth-order valence-corrected chi connectivity index (χ4v) is 3.31. The molecule has 0 atom stereocenters. The molecule has 0 radical (unpaired) electrons. The van der Waals surface area contributed by atoms with E-state index in [9.17, 15) is 4.79 Å². The summed E-state index contributed by atoms with van der Waals surface area (Å²) in [7, 11) is 0. The van der Waals surface area contributed by atoms with Gasteiger partial charge < -0.3 is 10.1 Å². The Morgan fingerprint density at radius 3 is 2.42 bits per heavy atom. The minimum atomic E-state index is -0.332. The van der Waals surface area contributed by atoms with Crippen molar-refractivity contribution in [3.63, 3.8) is 0 Å². The van der Waals surface area contributed by atoms with E-state index in [2.05, 4.69) is 21.6 Å². The number of hydrogen-bond donors (Lipinski definition) is 1. The Balaban J connectivity index is 1.33. The number of amides is 1. The van der Waals surface area contributed by atoms with Crippen LogP contribution >= 0.6 is 11.6 Å². The van der Waals surface area contributed by atoms with Crippen molar-refractivity contribution in [2.45, 2.75) is 27.1 Å². The van der Waals surface area contributed by atoms with Crippen molar-refractivity contribution < 1.29 is 9.53 Å². The summed E-state index contributed by atoms with van der Waals surface area (Å²) in [6.07, 6.45) is 3.51. The lowest BCUT2D eigenvalue weighted by molar-refractivity contribution is 0.101. The summed E-state index contributed by atoms with van der Waals surface area (Å²) in [4.78, 5) is 12.5. The number of aryl methyl sites for hydroxylation is 2. The van der Waals surface area contributed by atoms with E-state index < -0.39 is 0 Å². The van der Waals surface area contributed by atoms with Crippen LogP contribution in [0.25, 0.3) is 0 Å². The smallest absolute Gasteiger partial charge is 0.277 e. The van der Waals surface area contributed by atoms with E-state index in [0.717, 1.165) is 22.4 Å². The molecule has 0 saturated carbocycles. The predicted molar refractivity (Wildman–Crippen MR) is 120 cm³/mol. The maximum absolute atomic E-state index is 12.5. The molecule has 0 fully saturated rings. The lowest BCUT2D eigenvalue weighted by Crippen LogP contribution is -2.15. The van der Waals surface area contributed by atoms with Crippen LogP contribution in [0.5, 0.6) is 5.75 Å². The van der Waals surface area contributed by atoms with Crippen molar-refractivity contribution in [3.8, 4) is 5.75 Å². The Morgan fingerprint density at radius 1 is 0.968 bits per heavy atom. The molecule has 7 nitrogen and oxygen atoms in total. The normalized spacial score (nSPS) is 10.8. The van der Waals surface area contributed by atoms with Crippen LogP contribution in [-0.2, 0) is 13.3 Å². The van der Waals surface area contributed by atoms with Gasteiger partial charge in [-0.3, -0.25) is 9.48 Å². The molecule has 0 saturated heterocycles. The quantitative estimate of drug-likeness (QED) is 0.457. The van der Waals surface area contributed by atoms with Crippen LogP contribution in [0.2, 0.25) is 5.02 Å². The first kappa shape index (κ1) is 20.7. The van der Waals surface area contributed by atoms with Gasteiger partial charge in [0.1, 0.15) is 5.75 Å². The molecule has 1 amide bonds. The molecule has 0 unspecified atom stereocenters. The standard InChI is InChI=1S/C23H22ClN5O2/c1-16-11-17(2)13-20(12-16)31-15-29-9-7-21(26-29)23(30)25-22-8-10-28(27-22)14-18-3-5-19(24)6-4-18/h3-13H,14-15H2,1-2H3,(H,25,27,30). The second-order valence-corrected chi connectivity index (χ2v) is 7.75. The number of nitrogens with one attached hydrogen (secondary N) is 1. The fourth-order valence-electron chi connectivity index (χ4n) is 3.19. The number of hydrogen-bond acceptors (Lipinski definition) is 4. The largest absolute Gasteiger partial charge is 0.471 e. The molecular formula is C23H22ClN5O2. The van der Waals surface area contributed by atoms with E-state index in [0.29, 0.717) is 17.4 Å². The van der Waals surface area contributed by atoms with Crippen molar-refractivity contribution in [2.24, 2.45) is 0 Å². The molecule has 158 valence electrons. The number of anilines is 1. The number of carbonyl (C=O) groups is 1. The third-order valence-corrected chi connectivity index (χ3v) is 4.82. The summed E-state index contributed by atoms with van der Waals surface area (Å²) in [6.45, 7) is 4.84. The molecule has 4 rings (SSSR count). The van der Waals surface area contributed by atoms with Crippen LogP contribution in [0.3, 0.4) is 0 Å². The van der Waals surface area contributed by atoms with Crippen LogP contribution < -0.4 is 10.1 Å². The van der Waals surface area contributed by atoms with E-state index in [-0.39, 0.29) is 18.3 Å². The van der Waals surface area contributed by atoms with Gasteiger partial charge in [-0.25, -0.2) is 4.68 Å². The molecular weight excluding hydrogens is 414 g/mol. The highest BCUT2D eigenvalue weighted by Crippen LogP contribution is 2.17. The van der Waals surface area contributed by atoms with Gasteiger partial charge in [-0.2, -0.15) is 10.2 Å². The first-order valence-corrected chi connectivity index (χ1v) is 10.2. The molecule has 2 aromatic heterocycles. The highest BCUT2D eigenvalue weighted by atomic mass is 35.5. The Morgan fingerprint density at radius 2 is 1.68 bits per heavy atom. The van der Waals surface area contributed by atoms with E-state index in [1.54, 1.807) is 33.9 Å². The van der Waals surface area contributed by atoms with Crippen molar-refractivity contribution in [1.82, 2.24) is 19.6 Å². The minimum Gasteiger partial charge on any atom is -0.471 e. The number of aromatic nitrogens is 4. The molecule has 2 heterocycles. The molecule has 4 aromatic rings. The van der Waals surface area contributed by atoms with Crippen LogP contribution in [-0.4, -0.2) is 25.5 Å². The molecule has 0 spiro atoms. The topological polar surface area (TPSA) is 74.0 Å². The molecule has 0 aliphatic carbocycles. The summed E-state index contributed by atoms with van der Waals surface area (Å²) in [5, 5.41) is 12.1. The van der Waals surface area contributed by atoms with E-state index in [1.807, 2.05) is 50.2 Å². The Kier molecular flexibility index (Phi) is 6.04. The summed E-state index contributed by atoms with van der Waals surface area (Å²) in [6, 6.07) is 16.9. The van der Waals surface area contributed by atoms with Gasteiger partial charge in [0.2, 0.25) is 0 Å². The Hall–Kier alpha value is -3.58. The highest BCUT2D eigenvalue weighted by Gasteiger charge is 2.12. The first-order chi connectivity index (χ1) is 14.9. The molecule has 0 aliphatic heterocycles. The first-order valence-electron chi connectivity index (χ1n) is 9.78. The van der Waals surface area contributed by atoms with Gasteiger partial charge in [0.15, 0.2) is 18.2 Å². The maximum Gasteiger partial charge on any atom is 0.277 e. The summed E-state index contributed by atoms with van der Waals surface area (Å²) in [5.41, 5.74) is 3.61. The van der Waals surface area contributed by atoms with E-state index >= 15 is 0 Å². The zero-order valence-electron chi connectivity index (χ0n) is 17.2. The molecule has 31 heavy (non-hydrogen) atoms. The fraction of sp³-hybridized carbons (Fsp3) is 0.174. The zero-order chi connectivity index (χ0) is 21.8. The average Bonchev–Trinajstić information content (AvgIpc) is 3.37. The van der Waals surface area contributed by atoms with Gasteiger partial charge in [0.25, 0.3) is 5.91 Å². The molecule has 2 aromatic carbocycles. The number of nitrogens with zero attached hydrogens (tertiary/aromatic N) is 4. The van der Waals surface area contributed by atoms with Crippen molar-refractivity contribution in [2.75, 3.05) is 5.32 Å². The Labute approximate surface area is 185 Å². The summed E-state index contributed by atoms with van der Waals surface area (Å²) >= 11 is 5.91. The van der Waals surface area contributed by atoms with Crippen LogP contribution in [0.4, 0.5) is 5.82 Å². The predicted octanol–water partition coefficient (Wildman–Crippen LogP) is 4.69. The van der Waals surface area contributed by atoms with Gasteiger partial charge in [-0.1, -0.05) is 29.8 Å². The highest BCUT2D eigenvalue weighted by molar-refractivity contribution is 6.30. The van der Waals surface area contributed by atoms with Gasteiger partial charge in [-0.15, -0.1) is 0 Å². The zero-order valence-corrected chi connectivity index (χ0v) is 18.0. The SMILES string of the molecule is Cc1cc(C)cc(OCn2ccc(C(=O)Nc3ccn(Cc4ccc(Cl)cc4)n3)n2)c1. The summed E-state index contributed by atoms with van der Waals surface area (Å²) < 4.78 is 9.10. The monoisotopic (exact) mass is 435 g/mol. The minimum absolute atomic E-state index is 0.214. The number of ether oxygens (including phenoxy) is 1. The van der Waals surface area contributed by atoms with Crippen molar-refractivity contribution in [1.29, 1.82) is 0 Å².